The molecule has 7 heteroatoms. The van der Waals surface area contributed by atoms with Crippen molar-refractivity contribution in [1.29, 1.82) is 0 Å². The lowest BCUT2D eigenvalue weighted by Crippen LogP contribution is -2.33. The Bertz CT molecular complexity index is 987. The van der Waals surface area contributed by atoms with E-state index in [4.69, 9.17) is 0 Å². The van der Waals surface area contributed by atoms with E-state index in [1.807, 2.05) is 42.5 Å². The zero-order valence-corrected chi connectivity index (χ0v) is 14.8. The van der Waals surface area contributed by atoms with Gasteiger partial charge in [0.1, 0.15) is 5.75 Å². The Morgan fingerprint density at radius 2 is 1.68 bits per heavy atom. The van der Waals surface area contributed by atoms with E-state index in [1.165, 1.54) is 24.3 Å². The normalized spacial score (nSPS) is 10.7. The second-order valence-electron chi connectivity index (χ2n) is 6.05. The van der Waals surface area contributed by atoms with E-state index < -0.39 is 12.5 Å². The van der Waals surface area contributed by atoms with Crippen molar-refractivity contribution < 1.29 is 23.1 Å². The summed E-state index contributed by atoms with van der Waals surface area (Å²) in [6.45, 7) is -3.18. The molecule has 144 valence electrons. The number of rotatable bonds is 7. The molecular weight excluding hydrogens is 366 g/mol. The van der Waals surface area contributed by atoms with Gasteiger partial charge < -0.3 is 15.4 Å². The highest BCUT2D eigenvalue weighted by Crippen LogP contribution is 2.20. The van der Waals surface area contributed by atoms with Gasteiger partial charge in [-0.05, 0) is 28.5 Å². The molecule has 5 nitrogen and oxygen atoms in total. The van der Waals surface area contributed by atoms with Crippen molar-refractivity contribution >= 4 is 28.3 Å². The van der Waals surface area contributed by atoms with Crippen LogP contribution in [0.4, 0.5) is 14.5 Å². The summed E-state index contributed by atoms with van der Waals surface area (Å²) in [5.74, 6) is -0.824. The lowest BCUT2D eigenvalue weighted by molar-refractivity contribution is -0.123. The van der Waals surface area contributed by atoms with Gasteiger partial charge in [-0.1, -0.05) is 48.5 Å². The van der Waals surface area contributed by atoms with Crippen LogP contribution in [0.15, 0.2) is 66.7 Å². The summed E-state index contributed by atoms with van der Waals surface area (Å²) >= 11 is 0. The Hall–Kier alpha value is -3.48. The number of halogens is 2. The fraction of sp³-hybridized carbons (Fsp3) is 0.143. The molecule has 0 aliphatic carbocycles. The van der Waals surface area contributed by atoms with E-state index in [-0.39, 0.29) is 24.6 Å². The molecule has 28 heavy (non-hydrogen) atoms. The molecule has 2 N–H and O–H groups in total. The molecule has 0 atom stereocenters. The molecule has 3 aromatic rings. The highest BCUT2D eigenvalue weighted by atomic mass is 19.3. The molecule has 2 amide bonds. The first kappa shape index (κ1) is 19.3. The average molecular weight is 384 g/mol. The van der Waals surface area contributed by atoms with Crippen LogP contribution in [-0.4, -0.2) is 25.0 Å². The Kier molecular flexibility index (Phi) is 6.16. The van der Waals surface area contributed by atoms with Crippen molar-refractivity contribution in [3.05, 3.63) is 72.3 Å². The van der Waals surface area contributed by atoms with E-state index in [1.54, 1.807) is 0 Å². The first-order chi connectivity index (χ1) is 13.5. The number of ether oxygens (including phenoxy) is 1. The molecule has 3 aromatic carbocycles. The van der Waals surface area contributed by atoms with Crippen molar-refractivity contribution in [3.8, 4) is 5.75 Å². The predicted octanol–water partition coefficient (Wildman–Crippen LogP) is 3.74. The van der Waals surface area contributed by atoms with Gasteiger partial charge in [-0.15, -0.1) is 0 Å². The van der Waals surface area contributed by atoms with Crippen LogP contribution >= 0.6 is 0 Å². The van der Waals surface area contributed by atoms with E-state index in [2.05, 4.69) is 15.4 Å². The van der Waals surface area contributed by atoms with Gasteiger partial charge in [-0.25, -0.2) is 0 Å². The minimum atomic E-state index is -2.95. The minimum absolute atomic E-state index is 0.0622. The number of anilines is 1. The Balaban J connectivity index is 1.54. The van der Waals surface area contributed by atoms with Gasteiger partial charge in [0, 0.05) is 11.8 Å². The van der Waals surface area contributed by atoms with Crippen LogP contribution in [0.2, 0.25) is 0 Å². The molecule has 0 saturated heterocycles. The lowest BCUT2D eigenvalue weighted by Gasteiger charge is -2.10. The van der Waals surface area contributed by atoms with Gasteiger partial charge in [0.2, 0.25) is 11.8 Å². The van der Waals surface area contributed by atoms with Crippen LogP contribution in [0, 0.1) is 0 Å². The van der Waals surface area contributed by atoms with Crippen molar-refractivity contribution in [2.45, 2.75) is 13.0 Å². The fourth-order valence-corrected chi connectivity index (χ4v) is 2.82. The zero-order valence-electron chi connectivity index (χ0n) is 14.8. The molecule has 0 spiro atoms. The summed E-state index contributed by atoms with van der Waals surface area (Å²) in [6, 6.07) is 19.1. The zero-order chi connectivity index (χ0) is 19.9. The fourth-order valence-electron chi connectivity index (χ4n) is 2.82. The average Bonchev–Trinajstić information content (AvgIpc) is 2.66. The highest BCUT2D eigenvalue weighted by molar-refractivity contribution is 5.96. The molecule has 0 saturated carbocycles. The predicted molar refractivity (Wildman–Crippen MR) is 102 cm³/mol. The first-order valence-electron chi connectivity index (χ1n) is 8.59. The standard InChI is InChI=1S/C21H18F2N2O3/c22-21(23)28-17-9-4-8-16(12-17)25-20(27)13-24-19(26)11-15-7-3-6-14-5-1-2-10-18(14)15/h1-10,12,21H,11,13H2,(H,24,26)(H,25,27). The monoisotopic (exact) mass is 384 g/mol. The van der Waals surface area contributed by atoms with Crippen LogP contribution in [0.1, 0.15) is 5.56 Å². The molecular formula is C21H18F2N2O3. The van der Waals surface area contributed by atoms with Crippen molar-refractivity contribution in [1.82, 2.24) is 5.32 Å². The summed E-state index contributed by atoms with van der Waals surface area (Å²) in [5.41, 5.74) is 1.17. The Labute approximate surface area is 160 Å². The Morgan fingerprint density at radius 1 is 0.929 bits per heavy atom. The summed E-state index contributed by atoms with van der Waals surface area (Å²) in [7, 11) is 0. The summed E-state index contributed by atoms with van der Waals surface area (Å²) in [6.07, 6.45) is 0.145. The number of alkyl halides is 2. The number of fused-ring (bicyclic) bond motifs is 1. The van der Waals surface area contributed by atoms with Crippen LogP contribution in [0.5, 0.6) is 5.75 Å². The smallest absolute Gasteiger partial charge is 0.387 e. The van der Waals surface area contributed by atoms with Gasteiger partial charge >= 0.3 is 6.61 Å². The van der Waals surface area contributed by atoms with Crippen LogP contribution in [0.3, 0.4) is 0 Å². The van der Waals surface area contributed by atoms with Crippen molar-refractivity contribution in [2.24, 2.45) is 0 Å². The molecule has 0 radical (unpaired) electrons. The Morgan fingerprint density at radius 3 is 2.50 bits per heavy atom. The summed E-state index contributed by atoms with van der Waals surface area (Å²) < 4.78 is 28.8. The van der Waals surface area contributed by atoms with Crippen LogP contribution in [0.25, 0.3) is 10.8 Å². The molecule has 0 bridgehead atoms. The van der Waals surface area contributed by atoms with E-state index in [0.717, 1.165) is 16.3 Å². The van der Waals surface area contributed by atoms with Crippen LogP contribution in [-0.2, 0) is 16.0 Å². The number of hydrogen-bond acceptors (Lipinski definition) is 3. The van der Waals surface area contributed by atoms with Crippen molar-refractivity contribution in [3.63, 3.8) is 0 Å². The number of carbonyl (C=O) groups is 2. The molecule has 0 aliphatic rings. The quantitative estimate of drug-likeness (QED) is 0.652. The van der Waals surface area contributed by atoms with Crippen molar-refractivity contribution in [2.75, 3.05) is 11.9 Å². The van der Waals surface area contributed by atoms with Gasteiger partial charge in [0.05, 0.1) is 13.0 Å². The maximum atomic E-state index is 12.2. The van der Waals surface area contributed by atoms with E-state index in [0.29, 0.717) is 5.69 Å². The lowest BCUT2D eigenvalue weighted by atomic mass is 10.0. The second kappa shape index (κ2) is 8.94. The third-order valence-corrected chi connectivity index (χ3v) is 4.02. The number of benzene rings is 3. The number of amides is 2. The summed E-state index contributed by atoms with van der Waals surface area (Å²) in [5, 5.41) is 7.11. The molecule has 0 aromatic heterocycles. The number of nitrogens with one attached hydrogen (secondary N) is 2. The first-order valence-corrected chi connectivity index (χ1v) is 8.59. The SMILES string of the molecule is O=C(Cc1cccc2ccccc12)NCC(=O)Nc1cccc(OC(F)F)c1. The topological polar surface area (TPSA) is 67.4 Å². The van der Waals surface area contributed by atoms with Gasteiger partial charge in [-0.2, -0.15) is 8.78 Å². The third-order valence-electron chi connectivity index (χ3n) is 4.02. The van der Waals surface area contributed by atoms with E-state index in [9.17, 15) is 18.4 Å². The number of carbonyl (C=O) groups excluding carboxylic acids is 2. The maximum absolute atomic E-state index is 12.2. The molecule has 3 rings (SSSR count). The maximum Gasteiger partial charge on any atom is 0.387 e. The van der Waals surface area contributed by atoms with Gasteiger partial charge in [0.25, 0.3) is 0 Å². The van der Waals surface area contributed by atoms with Gasteiger partial charge in [0.15, 0.2) is 0 Å². The second-order valence-corrected chi connectivity index (χ2v) is 6.05. The highest BCUT2D eigenvalue weighted by Gasteiger charge is 2.10. The third kappa shape index (κ3) is 5.26. The minimum Gasteiger partial charge on any atom is -0.435 e. The van der Waals surface area contributed by atoms with Crippen LogP contribution < -0.4 is 15.4 Å². The van der Waals surface area contributed by atoms with Gasteiger partial charge in [-0.3, -0.25) is 9.59 Å². The molecule has 0 unspecified atom stereocenters. The summed E-state index contributed by atoms with van der Waals surface area (Å²) in [4.78, 5) is 24.2. The molecule has 0 fully saturated rings. The van der Waals surface area contributed by atoms with E-state index >= 15 is 0 Å². The molecule has 0 heterocycles. The largest absolute Gasteiger partial charge is 0.435 e. The number of hydrogen-bond donors (Lipinski definition) is 2. The molecule has 0 aliphatic heterocycles.